The molecule has 1 aromatic carbocycles. The van der Waals surface area contributed by atoms with Gasteiger partial charge in [0.05, 0.1) is 5.69 Å². The number of hydrogen-bond acceptors (Lipinski definition) is 5. The van der Waals surface area contributed by atoms with Crippen LogP contribution in [0.1, 0.15) is 28.2 Å². The summed E-state index contributed by atoms with van der Waals surface area (Å²) in [4.78, 5) is 4.42. The number of tetrazole rings is 1. The Morgan fingerprint density at radius 3 is 2.71 bits per heavy atom. The van der Waals surface area contributed by atoms with Crippen LogP contribution in [0, 0.1) is 0 Å². The molecule has 1 atom stereocenters. The van der Waals surface area contributed by atoms with E-state index in [0.29, 0.717) is 5.69 Å². The fraction of sp³-hybridized carbons (Fsp3) is 0.200. The van der Waals surface area contributed by atoms with Gasteiger partial charge in [0.1, 0.15) is 0 Å². The van der Waals surface area contributed by atoms with Crippen molar-refractivity contribution in [3.8, 4) is 0 Å². The molecule has 0 saturated heterocycles. The van der Waals surface area contributed by atoms with E-state index >= 15 is 0 Å². The highest BCUT2D eigenvalue weighted by Crippen LogP contribution is 2.39. The van der Waals surface area contributed by atoms with Gasteiger partial charge in [-0.3, -0.25) is 4.98 Å². The van der Waals surface area contributed by atoms with Gasteiger partial charge in [-0.15, -0.1) is 5.10 Å². The van der Waals surface area contributed by atoms with E-state index in [1.165, 1.54) is 0 Å². The quantitative estimate of drug-likeness (QED) is 0.693. The lowest BCUT2D eigenvalue weighted by Crippen LogP contribution is -2.32. The van der Waals surface area contributed by atoms with Crippen molar-refractivity contribution in [3.05, 3.63) is 70.8 Å². The molecule has 0 aliphatic heterocycles. The summed E-state index contributed by atoms with van der Waals surface area (Å²) in [5.41, 5.74) is 2.00. The summed E-state index contributed by atoms with van der Waals surface area (Å²) < 4.78 is 0. The van der Waals surface area contributed by atoms with Gasteiger partial charge in [-0.25, -0.2) is 5.10 Å². The number of fused-ring (bicyclic) bond motifs is 2. The van der Waals surface area contributed by atoms with Gasteiger partial charge in [-0.1, -0.05) is 30.3 Å². The third-order valence-corrected chi connectivity index (χ3v) is 3.99. The molecular weight excluding hydrogens is 266 g/mol. The van der Waals surface area contributed by atoms with Crippen LogP contribution in [0.2, 0.25) is 0 Å². The normalized spacial score (nSPS) is 20.4. The molecule has 0 fully saturated rings. The number of aromatic nitrogens is 5. The third-order valence-electron chi connectivity index (χ3n) is 3.99. The van der Waals surface area contributed by atoms with Crippen molar-refractivity contribution in [2.75, 3.05) is 0 Å². The van der Waals surface area contributed by atoms with Gasteiger partial charge in [0.15, 0.2) is 11.4 Å². The molecule has 2 N–H and O–H groups in total. The predicted octanol–water partition coefficient (Wildman–Crippen LogP) is 0.977. The van der Waals surface area contributed by atoms with Crippen molar-refractivity contribution in [2.24, 2.45) is 0 Å². The Balaban J connectivity index is 2.08. The summed E-state index contributed by atoms with van der Waals surface area (Å²) in [6, 6.07) is 11.7. The first-order valence-electron chi connectivity index (χ1n) is 6.79. The molecule has 104 valence electrons. The van der Waals surface area contributed by atoms with Gasteiger partial charge >= 0.3 is 0 Å². The zero-order valence-electron chi connectivity index (χ0n) is 11.2. The number of aliphatic hydroxyl groups is 1. The Morgan fingerprint density at radius 1 is 1.05 bits per heavy atom. The Kier molecular flexibility index (Phi) is 2.58. The summed E-state index contributed by atoms with van der Waals surface area (Å²) in [7, 11) is 0. The average molecular weight is 279 g/mol. The minimum Gasteiger partial charge on any atom is -0.372 e. The van der Waals surface area contributed by atoms with Crippen LogP contribution < -0.4 is 0 Å². The second kappa shape index (κ2) is 4.46. The Bertz CT molecular complexity index is 737. The molecule has 0 bridgehead atoms. The van der Waals surface area contributed by atoms with E-state index < -0.39 is 5.60 Å². The van der Waals surface area contributed by atoms with Gasteiger partial charge in [0, 0.05) is 11.8 Å². The third kappa shape index (κ3) is 1.69. The first kappa shape index (κ1) is 12.2. The zero-order chi connectivity index (χ0) is 14.3. The summed E-state index contributed by atoms with van der Waals surface area (Å²) in [5.74, 6) is 0.289. The SMILES string of the molecule is OC1(c2nnn[nH]2)c2ccccc2CCc2cccnc21. The molecule has 2 heterocycles. The first-order chi connectivity index (χ1) is 10.3. The predicted molar refractivity (Wildman–Crippen MR) is 74.4 cm³/mol. The second-order valence-electron chi connectivity index (χ2n) is 5.13. The van der Waals surface area contributed by atoms with E-state index in [-0.39, 0.29) is 5.82 Å². The first-order valence-corrected chi connectivity index (χ1v) is 6.79. The maximum Gasteiger partial charge on any atom is 0.194 e. The van der Waals surface area contributed by atoms with Gasteiger partial charge in [-0.2, -0.15) is 0 Å². The van der Waals surface area contributed by atoms with E-state index in [4.69, 9.17) is 0 Å². The molecule has 3 aromatic rings. The van der Waals surface area contributed by atoms with E-state index in [0.717, 1.165) is 29.5 Å². The van der Waals surface area contributed by atoms with E-state index in [1.54, 1.807) is 6.20 Å². The summed E-state index contributed by atoms with van der Waals surface area (Å²) in [6.07, 6.45) is 3.35. The standard InChI is InChI=1S/C15H13N5O/c21-15(14-17-19-20-18-14)12-6-2-1-4-10(12)7-8-11-5-3-9-16-13(11)15/h1-6,9,21H,7-8H2,(H,17,18,19,20). The number of benzene rings is 1. The highest BCUT2D eigenvalue weighted by atomic mass is 16.3. The number of pyridine rings is 1. The highest BCUT2D eigenvalue weighted by molar-refractivity contribution is 5.48. The number of aromatic amines is 1. The van der Waals surface area contributed by atoms with Gasteiger partial charge in [0.2, 0.25) is 0 Å². The summed E-state index contributed by atoms with van der Waals surface area (Å²) in [5, 5.41) is 25.3. The Hall–Kier alpha value is -2.60. The van der Waals surface area contributed by atoms with E-state index in [2.05, 4.69) is 25.6 Å². The largest absolute Gasteiger partial charge is 0.372 e. The maximum absolute atomic E-state index is 11.5. The zero-order valence-corrected chi connectivity index (χ0v) is 11.2. The number of nitrogens with zero attached hydrogens (tertiary/aromatic N) is 4. The van der Waals surface area contributed by atoms with Crippen molar-refractivity contribution < 1.29 is 5.11 Å². The molecule has 1 unspecified atom stereocenters. The van der Waals surface area contributed by atoms with Crippen LogP contribution in [0.15, 0.2) is 42.6 Å². The molecule has 21 heavy (non-hydrogen) atoms. The summed E-state index contributed by atoms with van der Waals surface area (Å²) >= 11 is 0. The topological polar surface area (TPSA) is 87.6 Å². The lowest BCUT2D eigenvalue weighted by Gasteiger charge is -2.26. The van der Waals surface area contributed by atoms with Gasteiger partial charge in [-0.05, 0) is 40.5 Å². The summed E-state index contributed by atoms with van der Waals surface area (Å²) in [6.45, 7) is 0. The molecule has 0 spiro atoms. The minimum absolute atomic E-state index is 0.289. The molecular formula is C15H13N5O. The van der Waals surface area contributed by atoms with Crippen molar-refractivity contribution in [3.63, 3.8) is 0 Å². The lowest BCUT2D eigenvalue weighted by molar-refractivity contribution is 0.110. The average Bonchev–Trinajstić information content (AvgIpc) is 3.04. The smallest absolute Gasteiger partial charge is 0.194 e. The molecule has 1 aliphatic carbocycles. The van der Waals surface area contributed by atoms with E-state index in [9.17, 15) is 5.11 Å². The van der Waals surface area contributed by atoms with Crippen LogP contribution in [-0.2, 0) is 18.4 Å². The molecule has 0 radical (unpaired) electrons. The van der Waals surface area contributed by atoms with Crippen LogP contribution >= 0.6 is 0 Å². The van der Waals surface area contributed by atoms with Gasteiger partial charge < -0.3 is 5.11 Å². The number of H-pyrrole nitrogens is 1. The molecule has 6 nitrogen and oxygen atoms in total. The van der Waals surface area contributed by atoms with E-state index in [1.807, 2.05) is 36.4 Å². The minimum atomic E-state index is -1.45. The second-order valence-corrected chi connectivity index (χ2v) is 5.13. The van der Waals surface area contributed by atoms with Crippen molar-refractivity contribution in [2.45, 2.75) is 18.4 Å². The highest BCUT2D eigenvalue weighted by Gasteiger charge is 2.43. The maximum atomic E-state index is 11.5. The molecule has 4 rings (SSSR count). The number of hydrogen-bond donors (Lipinski definition) is 2. The number of rotatable bonds is 1. The fourth-order valence-corrected chi connectivity index (χ4v) is 3.01. The van der Waals surface area contributed by atoms with Crippen LogP contribution in [0.5, 0.6) is 0 Å². The number of aryl methyl sites for hydroxylation is 2. The van der Waals surface area contributed by atoms with Gasteiger partial charge in [0.25, 0.3) is 0 Å². The molecule has 6 heteroatoms. The van der Waals surface area contributed by atoms with Crippen molar-refractivity contribution in [1.82, 2.24) is 25.6 Å². The fourth-order valence-electron chi connectivity index (χ4n) is 3.01. The molecule has 2 aromatic heterocycles. The molecule has 0 amide bonds. The van der Waals surface area contributed by atoms with Crippen LogP contribution in [0.3, 0.4) is 0 Å². The van der Waals surface area contributed by atoms with Crippen LogP contribution in [0.4, 0.5) is 0 Å². The van der Waals surface area contributed by atoms with Crippen LogP contribution in [0.25, 0.3) is 0 Å². The number of nitrogens with one attached hydrogen (secondary N) is 1. The lowest BCUT2D eigenvalue weighted by atomic mass is 9.86. The van der Waals surface area contributed by atoms with Crippen LogP contribution in [-0.4, -0.2) is 30.7 Å². The van der Waals surface area contributed by atoms with Crippen molar-refractivity contribution in [1.29, 1.82) is 0 Å². The molecule has 1 aliphatic rings. The monoisotopic (exact) mass is 279 g/mol. The molecule has 0 saturated carbocycles. The Labute approximate surface area is 120 Å². The Morgan fingerprint density at radius 2 is 1.86 bits per heavy atom. The van der Waals surface area contributed by atoms with Crippen molar-refractivity contribution >= 4 is 0 Å².